The lowest BCUT2D eigenvalue weighted by Crippen LogP contribution is -2.26. The highest BCUT2D eigenvalue weighted by Gasteiger charge is 2.23. The number of amides is 2. The molecule has 0 unspecified atom stereocenters. The summed E-state index contributed by atoms with van der Waals surface area (Å²) in [6.07, 6.45) is 2.02. The van der Waals surface area contributed by atoms with E-state index in [-0.39, 0.29) is 34.6 Å². The standard InChI is InChI=1S/C25H24FN3O4S/c1-16-6-13-20(34(32,33)29-23-5-3-2-4-22(23)26)14-21(16)25(31)27-15-17-7-9-18(10-8-17)24(30)28-19-11-12-19/h2-10,13-14,19,29H,11-12,15H2,1H3,(H,27,31)(H,28,30). The predicted octanol–water partition coefficient (Wildman–Crippen LogP) is 3.76. The van der Waals surface area contributed by atoms with E-state index >= 15 is 0 Å². The molecule has 1 saturated carbocycles. The Morgan fingerprint density at radius 1 is 0.971 bits per heavy atom. The molecule has 7 nitrogen and oxygen atoms in total. The Bertz CT molecular complexity index is 1340. The van der Waals surface area contributed by atoms with Gasteiger partial charge in [0.15, 0.2) is 0 Å². The predicted molar refractivity (Wildman–Crippen MR) is 126 cm³/mol. The molecule has 0 aromatic heterocycles. The largest absolute Gasteiger partial charge is 0.349 e. The molecular weight excluding hydrogens is 457 g/mol. The van der Waals surface area contributed by atoms with E-state index in [0.717, 1.165) is 24.5 Å². The van der Waals surface area contributed by atoms with E-state index in [9.17, 15) is 22.4 Å². The number of benzene rings is 3. The fourth-order valence-corrected chi connectivity index (χ4v) is 4.40. The molecule has 0 saturated heterocycles. The first-order valence-corrected chi connectivity index (χ1v) is 12.3. The van der Waals surface area contributed by atoms with Crippen molar-refractivity contribution in [2.75, 3.05) is 4.72 Å². The first-order chi connectivity index (χ1) is 16.2. The first-order valence-electron chi connectivity index (χ1n) is 10.8. The van der Waals surface area contributed by atoms with Gasteiger partial charge >= 0.3 is 0 Å². The lowest BCUT2D eigenvalue weighted by atomic mass is 10.1. The summed E-state index contributed by atoms with van der Waals surface area (Å²) in [5, 5.41) is 5.69. The number of nitrogens with one attached hydrogen (secondary N) is 3. The molecule has 176 valence electrons. The second kappa shape index (κ2) is 9.64. The fraction of sp³-hybridized carbons (Fsp3) is 0.200. The summed E-state index contributed by atoms with van der Waals surface area (Å²) in [4.78, 5) is 24.7. The zero-order chi connectivity index (χ0) is 24.3. The van der Waals surface area contributed by atoms with Crippen molar-refractivity contribution >= 4 is 27.5 Å². The Hall–Kier alpha value is -3.72. The molecule has 2 amide bonds. The molecule has 0 heterocycles. The van der Waals surface area contributed by atoms with Gasteiger partial charge in [0.1, 0.15) is 5.82 Å². The molecule has 0 aliphatic heterocycles. The van der Waals surface area contributed by atoms with Gasteiger partial charge in [0.05, 0.1) is 10.6 Å². The van der Waals surface area contributed by atoms with Crippen molar-refractivity contribution in [2.45, 2.75) is 37.2 Å². The van der Waals surface area contributed by atoms with Crippen molar-refractivity contribution in [3.8, 4) is 0 Å². The zero-order valence-corrected chi connectivity index (χ0v) is 19.3. The third-order valence-corrected chi connectivity index (χ3v) is 6.83. The van der Waals surface area contributed by atoms with Gasteiger partial charge in [-0.3, -0.25) is 14.3 Å². The van der Waals surface area contributed by atoms with Crippen LogP contribution in [0.1, 0.15) is 44.7 Å². The highest BCUT2D eigenvalue weighted by molar-refractivity contribution is 7.92. The van der Waals surface area contributed by atoms with E-state index in [0.29, 0.717) is 11.1 Å². The molecule has 0 bridgehead atoms. The van der Waals surface area contributed by atoms with Gasteiger partial charge in [0.25, 0.3) is 21.8 Å². The number of hydrogen-bond donors (Lipinski definition) is 3. The Morgan fingerprint density at radius 3 is 2.35 bits per heavy atom. The van der Waals surface area contributed by atoms with Crippen molar-refractivity contribution in [1.82, 2.24) is 10.6 Å². The van der Waals surface area contributed by atoms with Gasteiger partial charge in [0.2, 0.25) is 0 Å². The Balaban J connectivity index is 1.43. The minimum atomic E-state index is -4.10. The van der Waals surface area contributed by atoms with Gasteiger partial charge < -0.3 is 10.6 Å². The molecule has 4 rings (SSSR count). The summed E-state index contributed by atoms with van der Waals surface area (Å²) in [6, 6.07) is 16.8. The second-order valence-corrected chi connectivity index (χ2v) is 9.87. The summed E-state index contributed by atoms with van der Waals surface area (Å²) < 4.78 is 41.6. The number of sulfonamides is 1. The molecule has 0 radical (unpaired) electrons. The van der Waals surface area contributed by atoms with Crippen molar-refractivity contribution < 1.29 is 22.4 Å². The number of halogens is 1. The summed E-state index contributed by atoms with van der Waals surface area (Å²) in [6.45, 7) is 1.90. The van der Waals surface area contributed by atoms with E-state index in [4.69, 9.17) is 0 Å². The van der Waals surface area contributed by atoms with Gasteiger partial charge in [-0.1, -0.05) is 30.3 Å². The van der Waals surface area contributed by atoms with Crippen LogP contribution in [-0.2, 0) is 16.6 Å². The maximum absolute atomic E-state index is 13.9. The smallest absolute Gasteiger partial charge is 0.262 e. The highest BCUT2D eigenvalue weighted by Crippen LogP contribution is 2.22. The third kappa shape index (κ3) is 5.60. The van der Waals surface area contributed by atoms with E-state index in [1.54, 1.807) is 31.2 Å². The van der Waals surface area contributed by atoms with Crippen molar-refractivity contribution in [2.24, 2.45) is 0 Å². The number of hydrogen-bond acceptors (Lipinski definition) is 4. The maximum Gasteiger partial charge on any atom is 0.262 e. The van der Waals surface area contributed by atoms with Gasteiger partial charge in [-0.15, -0.1) is 0 Å². The average Bonchev–Trinajstić information content (AvgIpc) is 3.63. The molecule has 3 N–H and O–H groups in total. The number of anilines is 1. The first kappa shape index (κ1) is 23.4. The lowest BCUT2D eigenvalue weighted by Gasteiger charge is -2.12. The molecule has 1 aliphatic carbocycles. The topological polar surface area (TPSA) is 104 Å². The minimum absolute atomic E-state index is 0.115. The van der Waals surface area contributed by atoms with Gasteiger partial charge in [-0.05, 0) is 67.3 Å². The average molecular weight is 482 g/mol. The molecule has 3 aromatic carbocycles. The minimum Gasteiger partial charge on any atom is -0.349 e. The molecule has 34 heavy (non-hydrogen) atoms. The van der Waals surface area contributed by atoms with Crippen molar-refractivity contribution in [3.63, 3.8) is 0 Å². The molecule has 0 atom stereocenters. The Labute approximate surface area is 197 Å². The molecule has 1 aliphatic rings. The van der Waals surface area contributed by atoms with Crippen LogP contribution in [0.5, 0.6) is 0 Å². The highest BCUT2D eigenvalue weighted by atomic mass is 32.2. The number of para-hydroxylation sites is 1. The van der Waals surface area contributed by atoms with Crippen LogP contribution in [0.3, 0.4) is 0 Å². The molecule has 1 fully saturated rings. The molecule has 9 heteroatoms. The monoisotopic (exact) mass is 481 g/mol. The van der Waals surface area contributed by atoms with Crippen LogP contribution in [0, 0.1) is 12.7 Å². The van der Waals surface area contributed by atoms with E-state index < -0.39 is 21.7 Å². The van der Waals surface area contributed by atoms with Crippen LogP contribution in [-0.4, -0.2) is 26.3 Å². The second-order valence-electron chi connectivity index (χ2n) is 8.19. The van der Waals surface area contributed by atoms with Crippen molar-refractivity contribution in [3.05, 3.63) is 94.8 Å². The van der Waals surface area contributed by atoms with Crippen LogP contribution in [0.25, 0.3) is 0 Å². The number of rotatable bonds is 8. The van der Waals surface area contributed by atoms with E-state index in [2.05, 4.69) is 15.4 Å². The zero-order valence-electron chi connectivity index (χ0n) is 18.5. The SMILES string of the molecule is Cc1ccc(S(=O)(=O)Nc2ccccc2F)cc1C(=O)NCc1ccc(C(=O)NC2CC2)cc1. The summed E-state index contributed by atoms with van der Waals surface area (Å²) >= 11 is 0. The van der Waals surface area contributed by atoms with Gasteiger partial charge in [-0.25, -0.2) is 12.8 Å². The number of carbonyl (C=O) groups excluding carboxylic acids is 2. The third-order valence-electron chi connectivity index (χ3n) is 5.46. The normalized spacial score (nSPS) is 13.2. The van der Waals surface area contributed by atoms with Gasteiger partial charge in [0, 0.05) is 23.7 Å². The van der Waals surface area contributed by atoms with Crippen LogP contribution in [0.4, 0.5) is 10.1 Å². The molecular formula is C25H24FN3O4S. The summed E-state index contributed by atoms with van der Waals surface area (Å²) in [7, 11) is -4.10. The van der Waals surface area contributed by atoms with Crippen LogP contribution >= 0.6 is 0 Å². The quantitative estimate of drug-likeness (QED) is 0.456. The fourth-order valence-electron chi connectivity index (χ4n) is 3.31. The summed E-state index contributed by atoms with van der Waals surface area (Å²) in [5.41, 5.74) is 1.95. The van der Waals surface area contributed by atoms with Gasteiger partial charge in [-0.2, -0.15) is 0 Å². The van der Waals surface area contributed by atoms with Crippen molar-refractivity contribution in [1.29, 1.82) is 0 Å². The number of aryl methyl sites for hydroxylation is 1. The van der Waals surface area contributed by atoms with E-state index in [1.165, 1.54) is 36.4 Å². The van der Waals surface area contributed by atoms with Crippen LogP contribution in [0.15, 0.2) is 71.6 Å². The summed E-state index contributed by atoms with van der Waals surface area (Å²) in [5.74, 6) is -1.26. The van der Waals surface area contributed by atoms with E-state index in [1.807, 2.05) is 0 Å². The van der Waals surface area contributed by atoms with Crippen LogP contribution < -0.4 is 15.4 Å². The maximum atomic E-state index is 13.9. The van der Waals surface area contributed by atoms with Crippen LogP contribution in [0.2, 0.25) is 0 Å². The lowest BCUT2D eigenvalue weighted by molar-refractivity contribution is 0.0941. The Morgan fingerprint density at radius 2 is 1.68 bits per heavy atom. The number of carbonyl (C=O) groups is 2. The molecule has 3 aromatic rings. The molecule has 0 spiro atoms. The Kier molecular flexibility index (Phi) is 6.65.